The molecule has 0 saturated heterocycles. The number of nitrogens with zero attached hydrogens (tertiary/aromatic N) is 3. The molecule has 1 unspecified atom stereocenters. The summed E-state index contributed by atoms with van der Waals surface area (Å²) < 4.78 is 1.31. The smallest absolute Gasteiger partial charge is 0.165 e. The Labute approximate surface area is 280 Å². The molecule has 2 aromatic heterocycles. The van der Waals surface area contributed by atoms with Gasteiger partial charge in [0.15, 0.2) is 17.5 Å². The predicted molar refractivity (Wildman–Crippen MR) is 193 cm³/mol. The van der Waals surface area contributed by atoms with E-state index in [1.807, 2.05) is 59.5 Å². The lowest BCUT2D eigenvalue weighted by Crippen LogP contribution is -2.32. The van der Waals surface area contributed by atoms with E-state index in [-0.39, 0.29) is 0 Å². The molecular weight excluding hydrogens is 611 g/mol. The lowest BCUT2D eigenvalue weighted by atomic mass is 9.67. The summed E-state index contributed by atoms with van der Waals surface area (Å²) in [6.45, 7) is 0. The van der Waals surface area contributed by atoms with Crippen LogP contribution in [-0.4, -0.2) is 15.0 Å². The van der Waals surface area contributed by atoms with Crippen LogP contribution >= 0.6 is 23.1 Å². The second-order valence-electron chi connectivity index (χ2n) is 12.0. The van der Waals surface area contributed by atoms with Crippen molar-refractivity contribution in [2.45, 2.75) is 15.2 Å². The van der Waals surface area contributed by atoms with Crippen molar-refractivity contribution in [3.8, 4) is 45.3 Å². The molecule has 1 atom stereocenters. The number of hydrogen-bond donors (Lipinski definition) is 0. The van der Waals surface area contributed by atoms with Crippen molar-refractivity contribution in [3.63, 3.8) is 0 Å². The van der Waals surface area contributed by atoms with Crippen LogP contribution in [0.2, 0.25) is 0 Å². The number of aromatic nitrogens is 3. The number of rotatable bonds is 3. The van der Waals surface area contributed by atoms with Crippen molar-refractivity contribution in [3.05, 3.63) is 173 Å². The van der Waals surface area contributed by atoms with Gasteiger partial charge in [0.05, 0.1) is 5.41 Å². The minimum atomic E-state index is -0.477. The Balaban J connectivity index is 1.29. The molecule has 8 aromatic rings. The van der Waals surface area contributed by atoms with Crippen LogP contribution in [0.1, 0.15) is 22.3 Å². The number of hydrogen-bond acceptors (Lipinski definition) is 5. The van der Waals surface area contributed by atoms with E-state index in [0.29, 0.717) is 17.5 Å². The molecule has 220 valence electrons. The van der Waals surface area contributed by atoms with Gasteiger partial charge in [0.25, 0.3) is 0 Å². The van der Waals surface area contributed by atoms with E-state index in [1.54, 1.807) is 0 Å². The van der Waals surface area contributed by atoms with Crippen LogP contribution in [0.3, 0.4) is 0 Å². The van der Waals surface area contributed by atoms with Crippen molar-refractivity contribution in [1.29, 1.82) is 0 Å². The maximum absolute atomic E-state index is 5.17. The lowest BCUT2D eigenvalue weighted by Gasteiger charge is -2.40. The zero-order chi connectivity index (χ0) is 31.0. The van der Waals surface area contributed by atoms with Gasteiger partial charge in [0, 0.05) is 31.2 Å². The van der Waals surface area contributed by atoms with Crippen molar-refractivity contribution >= 4 is 33.2 Å². The van der Waals surface area contributed by atoms with Gasteiger partial charge in [0.2, 0.25) is 0 Å². The minimum absolute atomic E-state index is 0.477. The summed E-state index contributed by atoms with van der Waals surface area (Å²) in [6.07, 6.45) is 0. The van der Waals surface area contributed by atoms with Crippen LogP contribution in [0.25, 0.3) is 55.4 Å². The Morgan fingerprint density at radius 2 is 1.06 bits per heavy atom. The molecule has 0 saturated carbocycles. The molecule has 0 amide bonds. The van der Waals surface area contributed by atoms with Gasteiger partial charge in [-0.2, -0.15) is 0 Å². The van der Waals surface area contributed by atoms with E-state index in [1.165, 1.54) is 53.3 Å². The van der Waals surface area contributed by atoms with Gasteiger partial charge >= 0.3 is 0 Å². The normalized spacial score (nSPS) is 15.7. The van der Waals surface area contributed by atoms with E-state index in [9.17, 15) is 0 Å². The standard InChI is InChI=1S/C42H25N3S2/c1-3-12-26(13-4-1)39-43-40(27-14-5-2-6-15-27)45-41(44-39)30-17-11-20-34-38(30)47-36-21-10-9-19-33(36)42(34)32-18-8-7-16-29(32)31-24-28-22-23-46-37(28)25-35(31)42/h1-25H. The molecule has 1 spiro atoms. The number of thiophene rings is 1. The first-order chi connectivity index (χ1) is 23.3. The average Bonchev–Trinajstić information content (AvgIpc) is 3.72. The summed E-state index contributed by atoms with van der Waals surface area (Å²) in [4.78, 5) is 17.7. The highest BCUT2D eigenvalue weighted by molar-refractivity contribution is 7.99. The summed E-state index contributed by atoms with van der Waals surface area (Å²) in [5.74, 6) is 2.01. The van der Waals surface area contributed by atoms with Crippen molar-refractivity contribution in [2.24, 2.45) is 0 Å². The van der Waals surface area contributed by atoms with E-state index in [2.05, 4.69) is 115 Å². The van der Waals surface area contributed by atoms with Crippen LogP contribution < -0.4 is 0 Å². The largest absolute Gasteiger partial charge is 0.208 e. The molecule has 3 nitrogen and oxygen atoms in total. The van der Waals surface area contributed by atoms with E-state index in [0.717, 1.165) is 16.7 Å². The minimum Gasteiger partial charge on any atom is -0.208 e. The first-order valence-electron chi connectivity index (χ1n) is 15.7. The van der Waals surface area contributed by atoms with E-state index < -0.39 is 5.41 Å². The molecule has 47 heavy (non-hydrogen) atoms. The van der Waals surface area contributed by atoms with Crippen LogP contribution in [0, 0.1) is 0 Å². The van der Waals surface area contributed by atoms with Crippen LogP contribution in [0.4, 0.5) is 0 Å². The fourth-order valence-corrected chi connectivity index (χ4v) is 9.59. The van der Waals surface area contributed by atoms with Gasteiger partial charge in [-0.3, -0.25) is 0 Å². The summed E-state index contributed by atoms with van der Waals surface area (Å²) >= 11 is 3.63. The number of fused-ring (bicyclic) bond motifs is 10. The molecule has 5 heteroatoms. The predicted octanol–water partition coefficient (Wildman–Crippen LogP) is 10.9. The number of benzene rings is 6. The van der Waals surface area contributed by atoms with Gasteiger partial charge in [-0.1, -0.05) is 133 Å². The molecule has 0 radical (unpaired) electrons. The molecule has 1 aliphatic carbocycles. The molecule has 0 N–H and O–H groups in total. The third-order valence-corrected chi connectivity index (χ3v) is 11.6. The maximum Gasteiger partial charge on any atom is 0.165 e. The van der Waals surface area contributed by atoms with Gasteiger partial charge < -0.3 is 0 Å². The summed E-state index contributed by atoms with van der Waals surface area (Å²) in [7, 11) is 0. The summed E-state index contributed by atoms with van der Waals surface area (Å²) in [6, 6.07) is 52.1. The highest BCUT2D eigenvalue weighted by atomic mass is 32.2. The quantitative estimate of drug-likeness (QED) is 0.194. The molecule has 0 fully saturated rings. The van der Waals surface area contributed by atoms with Gasteiger partial charge in [-0.05, 0) is 68.4 Å². The van der Waals surface area contributed by atoms with Gasteiger partial charge in [-0.25, -0.2) is 15.0 Å². The fraction of sp³-hybridized carbons (Fsp3) is 0.0238. The molecule has 2 aliphatic rings. The van der Waals surface area contributed by atoms with Crippen molar-refractivity contribution < 1.29 is 0 Å². The maximum atomic E-state index is 5.17. The molecule has 1 aliphatic heterocycles. The molecule has 6 aromatic carbocycles. The summed E-state index contributed by atoms with van der Waals surface area (Å²) in [5.41, 5.74) is 10.3. The molecule has 0 bridgehead atoms. The van der Waals surface area contributed by atoms with E-state index in [4.69, 9.17) is 15.0 Å². The average molecular weight is 636 g/mol. The monoisotopic (exact) mass is 635 g/mol. The zero-order valence-electron chi connectivity index (χ0n) is 25.1. The van der Waals surface area contributed by atoms with Gasteiger partial charge in [-0.15, -0.1) is 11.3 Å². The first-order valence-corrected chi connectivity index (χ1v) is 17.4. The SMILES string of the molecule is c1ccc(-c2nc(-c3ccccc3)nc(-c3cccc4c3Sc3ccccc3C43c4ccccc4-c4cc5ccsc5cc43)n2)cc1. The molecular formula is C42H25N3S2. The fourth-order valence-electron chi connectivity index (χ4n) is 7.48. The van der Waals surface area contributed by atoms with Crippen molar-refractivity contribution in [1.82, 2.24) is 15.0 Å². The van der Waals surface area contributed by atoms with E-state index >= 15 is 0 Å². The van der Waals surface area contributed by atoms with Crippen molar-refractivity contribution in [2.75, 3.05) is 0 Å². The third-order valence-electron chi connectivity index (χ3n) is 9.48. The summed E-state index contributed by atoms with van der Waals surface area (Å²) in [5, 5.41) is 3.49. The Kier molecular flexibility index (Phi) is 5.89. The lowest BCUT2D eigenvalue weighted by molar-refractivity contribution is 0.723. The second-order valence-corrected chi connectivity index (χ2v) is 14.0. The Bertz CT molecular complexity index is 2450. The van der Waals surface area contributed by atoms with Crippen LogP contribution in [0.5, 0.6) is 0 Å². The Hall–Kier alpha value is -5.36. The van der Waals surface area contributed by atoms with Crippen LogP contribution in [-0.2, 0) is 5.41 Å². The van der Waals surface area contributed by atoms with Crippen LogP contribution in [0.15, 0.2) is 161 Å². The Morgan fingerprint density at radius 1 is 0.447 bits per heavy atom. The highest BCUT2D eigenvalue weighted by Crippen LogP contribution is 2.63. The first kappa shape index (κ1) is 26.8. The second kappa shape index (κ2) is 10.3. The van der Waals surface area contributed by atoms with Gasteiger partial charge in [0.1, 0.15) is 0 Å². The molecule has 3 heterocycles. The third kappa shape index (κ3) is 3.91. The zero-order valence-corrected chi connectivity index (χ0v) is 26.7. The highest BCUT2D eigenvalue weighted by Gasteiger charge is 2.50. The topological polar surface area (TPSA) is 38.7 Å². The Morgan fingerprint density at radius 3 is 1.83 bits per heavy atom. The molecule has 10 rings (SSSR count).